The second-order valence-corrected chi connectivity index (χ2v) is 4.76. The molecule has 2 heterocycles. The SMILES string of the molecule is [CH2-][NH+]1CCCC2=C(C1)[NH+]([CH2-])c1ccccc12. The summed E-state index contributed by atoms with van der Waals surface area (Å²) in [6.07, 6.45) is 2.42. The molecule has 1 aromatic rings. The van der Waals surface area contributed by atoms with Crippen LogP contribution in [0.15, 0.2) is 30.0 Å². The number of rotatable bonds is 0. The minimum absolute atomic E-state index is 1.03. The van der Waals surface area contributed by atoms with Gasteiger partial charge in [0.05, 0.1) is 6.54 Å². The third-order valence-electron chi connectivity index (χ3n) is 3.69. The van der Waals surface area contributed by atoms with Gasteiger partial charge in [0.15, 0.2) is 0 Å². The molecule has 2 aliphatic rings. The summed E-state index contributed by atoms with van der Waals surface area (Å²) in [5.74, 6) is 0. The molecule has 2 aliphatic heterocycles. The Kier molecular flexibility index (Phi) is 2.34. The molecule has 0 aromatic heterocycles. The average molecular weight is 214 g/mol. The first-order chi connectivity index (χ1) is 7.77. The first kappa shape index (κ1) is 10.1. The molecule has 0 radical (unpaired) electrons. The van der Waals surface area contributed by atoms with E-state index in [2.05, 4.69) is 38.4 Å². The third-order valence-corrected chi connectivity index (χ3v) is 3.69. The summed E-state index contributed by atoms with van der Waals surface area (Å²) in [6, 6.07) is 8.65. The van der Waals surface area contributed by atoms with Crippen LogP contribution in [-0.4, -0.2) is 13.1 Å². The molecule has 1 aromatic carbocycles. The molecule has 0 bridgehead atoms. The number of quaternary nitrogens is 2. The minimum Gasteiger partial charge on any atom is -0.460 e. The summed E-state index contributed by atoms with van der Waals surface area (Å²) < 4.78 is 0. The van der Waals surface area contributed by atoms with Crippen LogP contribution in [0.3, 0.4) is 0 Å². The summed E-state index contributed by atoms with van der Waals surface area (Å²) in [4.78, 5) is 2.59. The Hall–Kier alpha value is -1.12. The zero-order valence-electron chi connectivity index (χ0n) is 9.55. The molecule has 0 amide bonds. The van der Waals surface area contributed by atoms with Crippen molar-refractivity contribution in [3.63, 3.8) is 0 Å². The number of hydrogen-bond acceptors (Lipinski definition) is 0. The lowest BCUT2D eigenvalue weighted by molar-refractivity contribution is -0.869. The lowest BCUT2D eigenvalue weighted by Gasteiger charge is -2.24. The van der Waals surface area contributed by atoms with Gasteiger partial charge in [0.2, 0.25) is 0 Å². The molecule has 16 heavy (non-hydrogen) atoms. The van der Waals surface area contributed by atoms with Gasteiger partial charge < -0.3 is 9.80 Å². The van der Waals surface area contributed by atoms with Crippen molar-refractivity contribution in [3.05, 3.63) is 49.6 Å². The normalized spacial score (nSPS) is 28.6. The van der Waals surface area contributed by atoms with Crippen molar-refractivity contribution in [1.29, 1.82) is 0 Å². The van der Waals surface area contributed by atoms with E-state index in [9.17, 15) is 0 Å². The molecule has 0 aliphatic carbocycles. The lowest BCUT2D eigenvalue weighted by atomic mass is 10.0. The molecular weight excluding hydrogens is 196 g/mol. The zero-order chi connectivity index (χ0) is 11.1. The lowest BCUT2D eigenvalue weighted by Crippen LogP contribution is -3.11. The minimum atomic E-state index is 1.03. The van der Waals surface area contributed by atoms with E-state index in [-0.39, 0.29) is 0 Å². The van der Waals surface area contributed by atoms with E-state index >= 15 is 0 Å². The van der Waals surface area contributed by atoms with Crippen molar-refractivity contribution in [2.24, 2.45) is 0 Å². The second kappa shape index (κ2) is 3.72. The highest BCUT2D eigenvalue weighted by Crippen LogP contribution is 2.31. The van der Waals surface area contributed by atoms with Crippen LogP contribution in [0.5, 0.6) is 0 Å². The number of fused-ring (bicyclic) bond motifs is 2. The van der Waals surface area contributed by atoms with Crippen molar-refractivity contribution in [3.8, 4) is 0 Å². The molecule has 2 atom stereocenters. The van der Waals surface area contributed by atoms with E-state index in [1.54, 1.807) is 0 Å². The Balaban J connectivity index is 2.09. The molecular formula is C14H18N2. The Morgan fingerprint density at radius 1 is 1.12 bits per heavy atom. The van der Waals surface area contributed by atoms with Gasteiger partial charge in [0.1, 0.15) is 17.9 Å². The molecule has 3 rings (SSSR count). The van der Waals surface area contributed by atoms with Crippen molar-refractivity contribution in [2.75, 3.05) is 13.1 Å². The van der Waals surface area contributed by atoms with Gasteiger partial charge in [-0.25, -0.2) is 0 Å². The number of benzene rings is 1. The Morgan fingerprint density at radius 3 is 2.81 bits per heavy atom. The molecule has 0 fully saturated rings. The fourth-order valence-electron chi connectivity index (χ4n) is 2.87. The van der Waals surface area contributed by atoms with Crippen LogP contribution in [0.2, 0.25) is 0 Å². The van der Waals surface area contributed by atoms with E-state index in [4.69, 9.17) is 0 Å². The summed E-state index contributed by atoms with van der Waals surface area (Å²) >= 11 is 0. The quantitative estimate of drug-likeness (QED) is 0.571. The van der Waals surface area contributed by atoms with Gasteiger partial charge >= 0.3 is 0 Å². The topological polar surface area (TPSA) is 8.88 Å². The molecule has 2 nitrogen and oxygen atoms in total. The first-order valence-electron chi connectivity index (χ1n) is 5.95. The van der Waals surface area contributed by atoms with Gasteiger partial charge in [-0.3, -0.25) is 0 Å². The van der Waals surface area contributed by atoms with Crippen LogP contribution in [0.1, 0.15) is 18.4 Å². The molecule has 0 saturated heterocycles. The highest BCUT2D eigenvalue weighted by Gasteiger charge is 2.30. The zero-order valence-corrected chi connectivity index (χ0v) is 9.55. The molecule has 2 heteroatoms. The van der Waals surface area contributed by atoms with Crippen LogP contribution < -0.4 is 9.80 Å². The predicted molar refractivity (Wildman–Crippen MR) is 64.6 cm³/mol. The van der Waals surface area contributed by atoms with Crippen LogP contribution in [0.25, 0.3) is 5.57 Å². The smallest absolute Gasteiger partial charge is 0.143 e. The average Bonchev–Trinajstić information content (AvgIpc) is 2.47. The molecule has 2 N–H and O–H groups in total. The Morgan fingerprint density at radius 2 is 1.94 bits per heavy atom. The number of nitrogens with one attached hydrogen (secondary N) is 2. The molecule has 2 unspecified atom stereocenters. The maximum Gasteiger partial charge on any atom is 0.143 e. The van der Waals surface area contributed by atoms with Crippen molar-refractivity contribution in [2.45, 2.75) is 12.8 Å². The Bertz CT molecular complexity index is 448. The summed E-state index contributed by atoms with van der Waals surface area (Å²) in [5.41, 5.74) is 5.72. The number of para-hydroxylation sites is 1. The predicted octanol–water partition coefficient (Wildman–Crippen LogP) is 0.190. The van der Waals surface area contributed by atoms with Crippen LogP contribution in [0.4, 0.5) is 5.69 Å². The van der Waals surface area contributed by atoms with E-state index < -0.39 is 0 Å². The monoisotopic (exact) mass is 214 g/mol. The van der Waals surface area contributed by atoms with Gasteiger partial charge in [-0.2, -0.15) is 7.05 Å². The van der Waals surface area contributed by atoms with Crippen LogP contribution in [-0.2, 0) is 0 Å². The van der Waals surface area contributed by atoms with Gasteiger partial charge in [0, 0.05) is 11.1 Å². The van der Waals surface area contributed by atoms with E-state index in [0.717, 1.165) is 6.54 Å². The summed E-state index contributed by atoms with van der Waals surface area (Å²) in [5, 5.41) is 0. The molecule has 0 saturated carbocycles. The van der Waals surface area contributed by atoms with E-state index in [1.165, 1.54) is 51.7 Å². The van der Waals surface area contributed by atoms with Crippen molar-refractivity contribution < 1.29 is 9.80 Å². The van der Waals surface area contributed by atoms with Gasteiger partial charge in [0.25, 0.3) is 0 Å². The largest absolute Gasteiger partial charge is 0.460 e. The van der Waals surface area contributed by atoms with Crippen molar-refractivity contribution >= 4 is 11.3 Å². The molecule has 0 spiro atoms. The fourth-order valence-corrected chi connectivity index (χ4v) is 2.87. The van der Waals surface area contributed by atoms with E-state index in [0.29, 0.717) is 0 Å². The third kappa shape index (κ3) is 1.41. The fraction of sp³-hybridized carbons (Fsp3) is 0.286. The van der Waals surface area contributed by atoms with Gasteiger partial charge in [-0.15, -0.1) is 7.05 Å². The standard InChI is InChI=1S/C14H18N2/c1-15-9-5-7-12-11-6-3-4-8-13(11)16(2)14(12)10-15/h3-4,6,8,15-16H,1-2,5,7,9-10H2. The van der Waals surface area contributed by atoms with Crippen molar-refractivity contribution in [1.82, 2.24) is 0 Å². The van der Waals surface area contributed by atoms with Crippen LogP contribution in [0, 0.1) is 14.1 Å². The highest BCUT2D eigenvalue weighted by molar-refractivity contribution is 5.77. The number of allylic oxidation sites excluding steroid dienone is 1. The summed E-state index contributed by atoms with van der Waals surface area (Å²) in [7, 11) is 8.41. The van der Waals surface area contributed by atoms with E-state index in [1.807, 2.05) is 0 Å². The maximum atomic E-state index is 4.26. The molecule has 84 valence electrons. The maximum absolute atomic E-state index is 4.26. The van der Waals surface area contributed by atoms with Gasteiger partial charge in [-0.1, -0.05) is 12.1 Å². The van der Waals surface area contributed by atoms with Crippen LogP contribution >= 0.6 is 0 Å². The Labute approximate surface area is 97.2 Å². The second-order valence-electron chi connectivity index (χ2n) is 4.76. The summed E-state index contributed by atoms with van der Waals surface area (Å²) in [6.45, 7) is 2.20. The van der Waals surface area contributed by atoms with Gasteiger partial charge in [-0.05, 0) is 25.0 Å². The number of hydrogen-bond donors (Lipinski definition) is 2. The highest BCUT2D eigenvalue weighted by atomic mass is 15.2. The first-order valence-corrected chi connectivity index (χ1v) is 5.95.